The fraction of sp³-hybridized carbons (Fsp3) is 0. The average molecular weight is 234 g/mol. The number of nitrogens with zero attached hydrogens (tertiary/aromatic N) is 1. The lowest BCUT2D eigenvalue weighted by Crippen LogP contribution is -1.80. The lowest BCUT2D eigenvalue weighted by Gasteiger charge is -1.96. The van der Waals surface area contributed by atoms with Crippen LogP contribution in [0.25, 0.3) is 0 Å². The Balaban J connectivity index is 2.21. The molecule has 2 aromatic rings. The first-order valence-electron chi connectivity index (χ1n) is 4.80. The van der Waals surface area contributed by atoms with Gasteiger partial charge in [-0.15, -0.1) is 0 Å². The number of rotatable bonds is 2. The summed E-state index contributed by atoms with van der Waals surface area (Å²) in [6, 6.07) is 13.6. The van der Waals surface area contributed by atoms with Crippen LogP contribution in [0.15, 0.2) is 53.5 Å². The Bertz CT molecular complexity index is 506. The SMILES string of the molecule is Fc1ccccc1/N=C/c1ccc(Cl)cc1. The molecule has 0 aliphatic rings. The molecule has 0 aliphatic heterocycles. The van der Waals surface area contributed by atoms with Gasteiger partial charge in [0.2, 0.25) is 0 Å². The monoisotopic (exact) mass is 233 g/mol. The highest BCUT2D eigenvalue weighted by Gasteiger charge is 1.96. The Hall–Kier alpha value is -1.67. The topological polar surface area (TPSA) is 12.4 Å². The van der Waals surface area contributed by atoms with Crippen molar-refractivity contribution in [3.8, 4) is 0 Å². The summed E-state index contributed by atoms with van der Waals surface area (Å²) in [5.74, 6) is -0.326. The summed E-state index contributed by atoms with van der Waals surface area (Å²) >= 11 is 5.75. The molecule has 2 rings (SSSR count). The number of aliphatic imine (C=N–C) groups is 1. The summed E-state index contributed by atoms with van der Waals surface area (Å²) in [7, 11) is 0. The number of hydrogen-bond acceptors (Lipinski definition) is 1. The maximum atomic E-state index is 13.2. The van der Waals surface area contributed by atoms with Crippen molar-refractivity contribution in [3.63, 3.8) is 0 Å². The summed E-state index contributed by atoms with van der Waals surface area (Å²) in [6.07, 6.45) is 1.61. The van der Waals surface area contributed by atoms with Crippen LogP contribution < -0.4 is 0 Å². The maximum Gasteiger partial charge on any atom is 0.148 e. The Morgan fingerprint density at radius 3 is 2.38 bits per heavy atom. The number of halogens is 2. The summed E-state index contributed by atoms with van der Waals surface area (Å²) in [6.45, 7) is 0. The zero-order valence-electron chi connectivity index (χ0n) is 8.40. The van der Waals surface area contributed by atoms with Crippen LogP contribution in [0.1, 0.15) is 5.56 Å². The summed E-state index contributed by atoms with van der Waals surface area (Å²) in [4.78, 5) is 4.06. The first-order valence-corrected chi connectivity index (χ1v) is 5.18. The molecule has 0 N–H and O–H groups in total. The van der Waals surface area contributed by atoms with Gasteiger partial charge in [0.25, 0.3) is 0 Å². The van der Waals surface area contributed by atoms with Gasteiger partial charge in [0.15, 0.2) is 0 Å². The minimum Gasteiger partial charge on any atom is -0.253 e. The Morgan fingerprint density at radius 1 is 1.00 bits per heavy atom. The second-order valence-corrected chi connectivity index (χ2v) is 3.70. The van der Waals surface area contributed by atoms with Crippen LogP contribution in [-0.4, -0.2) is 6.21 Å². The molecule has 0 saturated carbocycles. The molecule has 80 valence electrons. The molecule has 0 aliphatic carbocycles. The predicted octanol–water partition coefficient (Wildman–Crippen LogP) is 4.23. The number of para-hydroxylation sites is 1. The molecule has 0 atom stereocenters. The Kier molecular flexibility index (Phi) is 3.32. The lowest BCUT2D eigenvalue weighted by molar-refractivity contribution is 0.630. The van der Waals surface area contributed by atoms with Gasteiger partial charge in [-0.05, 0) is 29.8 Å². The van der Waals surface area contributed by atoms with Crippen LogP contribution in [0.4, 0.5) is 10.1 Å². The van der Waals surface area contributed by atoms with Gasteiger partial charge in [0.05, 0.1) is 5.69 Å². The van der Waals surface area contributed by atoms with Gasteiger partial charge in [-0.25, -0.2) is 4.39 Å². The molecule has 0 saturated heterocycles. The third-order valence-corrected chi connectivity index (χ3v) is 2.33. The minimum absolute atomic E-state index is 0.326. The highest BCUT2D eigenvalue weighted by Crippen LogP contribution is 2.16. The molecule has 0 bridgehead atoms. The van der Waals surface area contributed by atoms with E-state index < -0.39 is 0 Å². The molecule has 16 heavy (non-hydrogen) atoms. The van der Waals surface area contributed by atoms with Crippen LogP contribution in [0.5, 0.6) is 0 Å². The number of benzene rings is 2. The number of hydrogen-bond donors (Lipinski definition) is 0. The molecule has 0 fully saturated rings. The first-order chi connectivity index (χ1) is 7.75. The van der Waals surface area contributed by atoms with E-state index in [0.717, 1.165) is 5.56 Å². The van der Waals surface area contributed by atoms with E-state index in [-0.39, 0.29) is 5.82 Å². The van der Waals surface area contributed by atoms with Crippen LogP contribution in [-0.2, 0) is 0 Å². The Morgan fingerprint density at radius 2 is 1.69 bits per heavy atom. The first kappa shape index (κ1) is 10.8. The molecule has 0 heterocycles. The smallest absolute Gasteiger partial charge is 0.148 e. The summed E-state index contributed by atoms with van der Waals surface area (Å²) in [5, 5.41) is 0.669. The molecule has 0 aromatic heterocycles. The average Bonchev–Trinajstić information content (AvgIpc) is 2.30. The van der Waals surface area contributed by atoms with E-state index in [1.165, 1.54) is 6.07 Å². The second-order valence-electron chi connectivity index (χ2n) is 3.26. The van der Waals surface area contributed by atoms with Crippen LogP contribution >= 0.6 is 11.6 Å². The molecule has 0 amide bonds. The predicted molar refractivity (Wildman–Crippen MR) is 65.1 cm³/mol. The van der Waals surface area contributed by atoms with Crippen molar-refractivity contribution in [2.45, 2.75) is 0 Å². The largest absolute Gasteiger partial charge is 0.253 e. The highest BCUT2D eigenvalue weighted by atomic mass is 35.5. The van der Waals surface area contributed by atoms with E-state index in [2.05, 4.69) is 4.99 Å². The van der Waals surface area contributed by atoms with Crippen molar-refractivity contribution in [1.82, 2.24) is 0 Å². The van der Waals surface area contributed by atoms with Crippen molar-refractivity contribution in [3.05, 3.63) is 64.9 Å². The van der Waals surface area contributed by atoms with Crippen molar-refractivity contribution >= 4 is 23.5 Å². The zero-order chi connectivity index (χ0) is 11.4. The van der Waals surface area contributed by atoms with Gasteiger partial charge in [-0.1, -0.05) is 35.9 Å². The minimum atomic E-state index is -0.326. The van der Waals surface area contributed by atoms with E-state index in [0.29, 0.717) is 10.7 Å². The van der Waals surface area contributed by atoms with E-state index >= 15 is 0 Å². The maximum absolute atomic E-state index is 13.2. The fourth-order valence-electron chi connectivity index (χ4n) is 1.25. The van der Waals surface area contributed by atoms with Crippen LogP contribution in [0.2, 0.25) is 5.02 Å². The van der Waals surface area contributed by atoms with Crippen molar-refractivity contribution < 1.29 is 4.39 Å². The summed E-state index contributed by atoms with van der Waals surface area (Å²) in [5.41, 5.74) is 1.21. The van der Waals surface area contributed by atoms with Gasteiger partial charge >= 0.3 is 0 Å². The highest BCUT2D eigenvalue weighted by molar-refractivity contribution is 6.30. The van der Waals surface area contributed by atoms with Crippen LogP contribution in [0.3, 0.4) is 0 Å². The van der Waals surface area contributed by atoms with Gasteiger partial charge in [0, 0.05) is 11.2 Å². The van der Waals surface area contributed by atoms with Gasteiger partial charge < -0.3 is 0 Å². The van der Waals surface area contributed by atoms with Crippen molar-refractivity contribution in [2.24, 2.45) is 4.99 Å². The van der Waals surface area contributed by atoms with E-state index in [1.54, 1.807) is 36.5 Å². The normalized spacial score (nSPS) is 10.9. The van der Waals surface area contributed by atoms with Crippen molar-refractivity contribution in [1.29, 1.82) is 0 Å². The molecule has 1 nitrogen and oxygen atoms in total. The molecule has 0 spiro atoms. The quantitative estimate of drug-likeness (QED) is 0.689. The fourth-order valence-corrected chi connectivity index (χ4v) is 1.38. The molecule has 0 unspecified atom stereocenters. The van der Waals surface area contributed by atoms with Gasteiger partial charge in [0.1, 0.15) is 5.82 Å². The zero-order valence-corrected chi connectivity index (χ0v) is 9.16. The molecular formula is C13H9ClFN. The molecule has 3 heteroatoms. The third-order valence-electron chi connectivity index (χ3n) is 2.08. The van der Waals surface area contributed by atoms with E-state index in [1.807, 2.05) is 12.1 Å². The lowest BCUT2D eigenvalue weighted by atomic mass is 10.2. The van der Waals surface area contributed by atoms with Gasteiger partial charge in [-0.2, -0.15) is 0 Å². The molecular weight excluding hydrogens is 225 g/mol. The van der Waals surface area contributed by atoms with Crippen LogP contribution in [0, 0.1) is 5.82 Å². The Labute approximate surface area is 98.2 Å². The van der Waals surface area contributed by atoms with E-state index in [9.17, 15) is 4.39 Å². The molecule has 0 radical (unpaired) electrons. The van der Waals surface area contributed by atoms with Crippen molar-refractivity contribution in [2.75, 3.05) is 0 Å². The third kappa shape index (κ3) is 2.67. The second kappa shape index (κ2) is 4.90. The summed E-state index contributed by atoms with van der Waals surface area (Å²) < 4.78 is 13.2. The van der Waals surface area contributed by atoms with Gasteiger partial charge in [-0.3, -0.25) is 4.99 Å². The molecule has 2 aromatic carbocycles. The van der Waals surface area contributed by atoms with E-state index in [4.69, 9.17) is 11.6 Å². The standard InChI is InChI=1S/C13H9ClFN/c14-11-7-5-10(6-8-11)9-16-13-4-2-1-3-12(13)15/h1-9H/b16-9+.